The molecule has 2 aromatic rings. The number of azo groups is 1. The van der Waals surface area contributed by atoms with E-state index < -0.39 is 0 Å². The van der Waals surface area contributed by atoms with Crippen LogP contribution in [0.5, 0.6) is 5.88 Å². The maximum Gasteiger partial charge on any atom is 0.403 e. The summed E-state index contributed by atoms with van der Waals surface area (Å²) in [5.41, 5.74) is 7.52. The molecule has 1 aromatic carbocycles. The molecule has 94 valence electrons. The number of aromatic nitrogens is 1. The molecule has 0 spiro atoms. The van der Waals surface area contributed by atoms with Crippen LogP contribution in [0.4, 0.5) is 5.69 Å². The highest BCUT2D eigenvalue weighted by Crippen LogP contribution is 2.36. The van der Waals surface area contributed by atoms with Crippen LogP contribution >= 0.6 is 0 Å². The molecular formula is C12H16N5O+. The normalized spacial score (nSPS) is 11.7. The lowest BCUT2D eigenvalue weighted by Gasteiger charge is -2.04. The van der Waals surface area contributed by atoms with Crippen LogP contribution in [0.15, 0.2) is 28.4 Å². The summed E-state index contributed by atoms with van der Waals surface area (Å²) in [6.07, 6.45) is 0. The summed E-state index contributed by atoms with van der Waals surface area (Å²) in [6.45, 7) is 4.20. The third kappa shape index (κ3) is 2.17. The van der Waals surface area contributed by atoms with Gasteiger partial charge in [-0.1, -0.05) is 25.0 Å². The number of benzene rings is 1. The molecule has 0 aliphatic carbocycles. The van der Waals surface area contributed by atoms with Crippen molar-refractivity contribution < 1.29 is 10.5 Å². The fraction of sp³-hybridized carbons (Fsp3) is 0.250. The largest absolute Gasteiger partial charge is 0.493 e. The zero-order valence-corrected chi connectivity index (χ0v) is 10.3. The first-order valence-corrected chi connectivity index (χ1v) is 5.63. The number of aromatic amines is 1. The van der Waals surface area contributed by atoms with Gasteiger partial charge in [-0.3, -0.25) is 11.1 Å². The summed E-state index contributed by atoms with van der Waals surface area (Å²) in [4.78, 5) is 2.83. The van der Waals surface area contributed by atoms with E-state index in [0.29, 0.717) is 11.6 Å². The summed E-state index contributed by atoms with van der Waals surface area (Å²) >= 11 is 0. The van der Waals surface area contributed by atoms with Crippen molar-refractivity contribution in [2.45, 2.75) is 19.8 Å². The number of hydrogen-bond acceptors (Lipinski definition) is 2. The van der Waals surface area contributed by atoms with Gasteiger partial charge in [0.2, 0.25) is 5.88 Å². The van der Waals surface area contributed by atoms with Crippen molar-refractivity contribution in [2.24, 2.45) is 16.0 Å². The lowest BCUT2D eigenvalue weighted by atomic mass is 10.0. The van der Waals surface area contributed by atoms with Gasteiger partial charge in [0.25, 0.3) is 0 Å². The molecule has 0 saturated heterocycles. The number of aromatic hydroxyl groups is 1. The van der Waals surface area contributed by atoms with Crippen LogP contribution < -0.4 is 11.1 Å². The lowest BCUT2D eigenvalue weighted by Crippen LogP contribution is -2.43. The van der Waals surface area contributed by atoms with Crippen LogP contribution in [0.2, 0.25) is 0 Å². The van der Waals surface area contributed by atoms with E-state index in [9.17, 15) is 5.11 Å². The van der Waals surface area contributed by atoms with Crippen LogP contribution in [-0.4, -0.2) is 16.1 Å². The van der Waals surface area contributed by atoms with E-state index in [1.54, 1.807) is 0 Å². The second-order valence-corrected chi connectivity index (χ2v) is 4.41. The van der Waals surface area contributed by atoms with E-state index in [0.717, 1.165) is 16.5 Å². The number of nitrogens with zero attached hydrogens (tertiary/aromatic N) is 2. The Hall–Kier alpha value is -2.37. The Morgan fingerprint density at radius 2 is 2.17 bits per heavy atom. The minimum atomic E-state index is -0.149. The summed E-state index contributed by atoms with van der Waals surface area (Å²) in [5, 5.41) is 23.2. The molecule has 0 bridgehead atoms. The van der Waals surface area contributed by atoms with Gasteiger partial charge in [0, 0.05) is 10.5 Å². The molecule has 0 amide bonds. The average molecular weight is 246 g/mol. The predicted molar refractivity (Wildman–Crippen MR) is 69.7 cm³/mol. The summed E-state index contributed by atoms with van der Waals surface area (Å²) < 4.78 is 0. The molecule has 6 nitrogen and oxygen atoms in total. The van der Waals surface area contributed by atoms with Gasteiger partial charge in [-0.25, -0.2) is 0 Å². The fourth-order valence-electron chi connectivity index (χ4n) is 1.75. The smallest absolute Gasteiger partial charge is 0.403 e. The Morgan fingerprint density at radius 3 is 2.78 bits per heavy atom. The highest BCUT2D eigenvalue weighted by Gasteiger charge is 2.13. The quantitative estimate of drug-likeness (QED) is 0.362. The molecule has 6 heteroatoms. The number of nitrogens with two attached hydrogens (primary N) is 2. The molecule has 18 heavy (non-hydrogen) atoms. The van der Waals surface area contributed by atoms with Crippen molar-refractivity contribution in [3.63, 3.8) is 0 Å². The van der Waals surface area contributed by atoms with Crippen molar-refractivity contribution in [2.75, 3.05) is 0 Å². The SMILES string of the molecule is CC(C)c1ccc2[nH]c(O)c(N=NC(N)=[NH2+])c2c1. The molecule has 0 saturated carbocycles. The summed E-state index contributed by atoms with van der Waals surface area (Å²) in [7, 11) is 0. The summed E-state index contributed by atoms with van der Waals surface area (Å²) in [5.74, 6) is 0.196. The molecule has 0 atom stereocenters. The lowest BCUT2D eigenvalue weighted by molar-refractivity contribution is -0.117. The molecule has 0 aliphatic heterocycles. The third-order valence-electron chi connectivity index (χ3n) is 2.71. The Kier molecular flexibility index (Phi) is 3.01. The third-order valence-corrected chi connectivity index (χ3v) is 2.71. The number of guanidine groups is 1. The van der Waals surface area contributed by atoms with E-state index in [4.69, 9.17) is 11.1 Å². The maximum absolute atomic E-state index is 9.78. The molecular weight excluding hydrogens is 230 g/mol. The van der Waals surface area contributed by atoms with Gasteiger partial charge in [0.15, 0.2) is 5.69 Å². The van der Waals surface area contributed by atoms with Gasteiger partial charge in [-0.15, -0.1) is 0 Å². The fourth-order valence-corrected chi connectivity index (χ4v) is 1.75. The van der Waals surface area contributed by atoms with E-state index in [-0.39, 0.29) is 11.8 Å². The van der Waals surface area contributed by atoms with E-state index in [2.05, 4.69) is 29.1 Å². The Balaban J connectivity index is 2.60. The zero-order chi connectivity index (χ0) is 13.3. The molecule has 0 radical (unpaired) electrons. The maximum atomic E-state index is 9.78. The molecule has 1 heterocycles. The van der Waals surface area contributed by atoms with Gasteiger partial charge >= 0.3 is 5.96 Å². The van der Waals surface area contributed by atoms with E-state index in [1.807, 2.05) is 18.2 Å². The van der Waals surface area contributed by atoms with Gasteiger partial charge in [-0.2, -0.15) is 0 Å². The number of H-pyrrole nitrogens is 1. The van der Waals surface area contributed by atoms with Gasteiger partial charge < -0.3 is 10.1 Å². The molecule has 0 fully saturated rings. The first-order valence-electron chi connectivity index (χ1n) is 5.63. The topological polar surface area (TPSA) is 112 Å². The molecule has 2 rings (SSSR count). The second-order valence-electron chi connectivity index (χ2n) is 4.41. The number of nitrogens with one attached hydrogen (secondary N) is 1. The van der Waals surface area contributed by atoms with Crippen LogP contribution in [0.3, 0.4) is 0 Å². The predicted octanol–water partition coefficient (Wildman–Crippen LogP) is 1.15. The highest BCUT2D eigenvalue weighted by atomic mass is 16.3. The Bertz CT molecular complexity index is 627. The van der Waals surface area contributed by atoms with Crippen molar-refractivity contribution in [3.8, 4) is 5.88 Å². The van der Waals surface area contributed by atoms with Crippen molar-refractivity contribution >= 4 is 22.5 Å². The first kappa shape index (κ1) is 12.1. The van der Waals surface area contributed by atoms with Crippen LogP contribution in [0.1, 0.15) is 25.3 Å². The minimum absolute atomic E-state index is 0.0455. The monoisotopic (exact) mass is 246 g/mol. The molecule has 6 N–H and O–H groups in total. The second kappa shape index (κ2) is 4.48. The van der Waals surface area contributed by atoms with Crippen LogP contribution in [0.25, 0.3) is 10.9 Å². The van der Waals surface area contributed by atoms with Gasteiger partial charge in [0.1, 0.15) is 0 Å². The summed E-state index contributed by atoms with van der Waals surface area (Å²) in [6, 6.07) is 5.88. The molecule has 0 aliphatic rings. The number of rotatable bonds is 2. The van der Waals surface area contributed by atoms with Gasteiger partial charge in [0.05, 0.1) is 5.52 Å². The number of hydrogen-bond donors (Lipinski definition) is 4. The minimum Gasteiger partial charge on any atom is -0.493 e. The zero-order valence-electron chi connectivity index (χ0n) is 10.3. The number of fused-ring (bicyclic) bond motifs is 1. The van der Waals surface area contributed by atoms with Crippen LogP contribution in [-0.2, 0) is 0 Å². The Labute approximate surface area is 104 Å². The average Bonchev–Trinajstić information content (AvgIpc) is 2.60. The highest BCUT2D eigenvalue weighted by molar-refractivity contribution is 5.94. The van der Waals surface area contributed by atoms with E-state index >= 15 is 0 Å². The van der Waals surface area contributed by atoms with Crippen molar-refractivity contribution in [3.05, 3.63) is 23.8 Å². The Morgan fingerprint density at radius 1 is 1.44 bits per heavy atom. The van der Waals surface area contributed by atoms with Gasteiger partial charge in [-0.05, 0) is 23.6 Å². The molecule has 1 aromatic heterocycles. The van der Waals surface area contributed by atoms with Crippen LogP contribution in [0, 0.1) is 0 Å². The van der Waals surface area contributed by atoms with Crippen molar-refractivity contribution in [1.29, 1.82) is 0 Å². The van der Waals surface area contributed by atoms with E-state index in [1.165, 1.54) is 0 Å². The standard InChI is InChI=1S/C12H15N5O/c1-6(2)7-3-4-9-8(5-7)10(11(18)15-9)16-17-12(13)14/h3-6,15,18H,1-2H3,(H3,13,14)/p+1. The first-order chi connectivity index (χ1) is 8.49. The molecule has 0 unspecified atom stereocenters. The van der Waals surface area contributed by atoms with Crippen molar-refractivity contribution in [1.82, 2.24) is 4.98 Å².